The van der Waals surface area contributed by atoms with Crippen molar-refractivity contribution in [3.63, 3.8) is 0 Å². The molecule has 1 aliphatic rings. The van der Waals surface area contributed by atoms with Crippen molar-refractivity contribution < 1.29 is 9.53 Å². The average molecular weight is 223 g/mol. The monoisotopic (exact) mass is 223 g/mol. The first-order valence-electron chi connectivity index (χ1n) is 4.92. The Balaban J connectivity index is 2.20. The van der Waals surface area contributed by atoms with E-state index in [9.17, 15) is 4.79 Å². The van der Waals surface area contributed by atoms with Gasteiger partial charge in [0.2, 0.25) is 5.91 Å². The molecule has 1 fully saturated rings. The van der Waals surface area contributed by atoms with E-state index in [1.807, 2.05) is 31.2 Å². The number of carbonyl (C=O) groups is 1. The molecule has 4 heteroatoms. The number of anilines is 1. The summed E-state index contributed by atoms with van der Waals surface area (Å²) in [6.07, 6.45) is 0. The van der Waals surface area contributed by atoms with Gasteiger partial charge in [-0.05, 0) is 19.1 Å². The number of amides is 1. The molecule has 3 nitrogen and oxygen atoms in total. The molecule has 0 N–H and O–H groups in total. The summed E-state index contributed by atoms with van der Waals surface area (Å²) in [6, 6.07) is 7.66. The zero-order valence-corrected chi connectivity index (χ0v) is 9.42. The first kappa shape index (κ1) is 10.4. The smallest absolute Gasteiger partial charge is 0.237 e. The molecule has 15 heavy (non-hydrogen) atoms. The second kappa shape index (κ2) is 4.57. The van der Waals surface area contributed by atoms with Gasteiger partial charge in [0.15, 0.2) is 0 Å². The Hall–Kier alpha value is -1.16. The van der Waals surface area contributed by atoms with Crippen LogP contribution < -0.4 is 9.64 Å². The van der Waals surface area contributed by atoms with E-state index in [4.69, 9.17) is 4.74 Å². The number of thioether (sulfide) groups is 1. The summed E-state index contributed by atoms with van der Waals surface area (Å²) in [7, 11) is 0. The van der Waals surface area contributed by atoms with Crippen LogP contribution in [0.4, 0.5) is 5.69 Å². The summed E-state index contributed by atoms with van der Waals surface area (Å²) in [5, 5.41) is 0. The number of benzene rings is 1. The third-order valence-electron chi connectivity index (χ3n) is 2.19. The van der Waals surface area contributed by atoms with E-state index >= 15 is 0 Å². The van der Waals surface area contributed by atoms with Crippen LogP contribution in [-0.4, -0.2) is 24.1 Å². The van der Waals surface area contributed by atoms with Crippen LogP contribution in [0.1, 0.15) is 6.92 Å². The standard InChI is InChI=1S/C11H13NO2S/c1-2-14-10-5-3-4-9(6-10)12-8-15-7-11(12)13/h3-6H,2,7-8H2,1H3. The highest BCUT2D eigenvalue weighted by molar-refractivity contribution is 8.00. The number of carbonyl (C=O) groups excluding carboxylic acids is 1. The SMILES string of the molecule is CCOc1cccc(N2CSCC2=O)c1. The van der Waals surface area contributed by atoms with Gasteiger partial charge in [0, 0.05) is 11.8 Å². The van der Waals surface area contributed by atoms with Crippen LogP contribution in [0.3, 0.4) is 0 Å². The zero-order valence-electron chi connectivity index (χ0n) is 8.60. The Bertz CT molecular complexity index is 367. The first-order chi connectivity index (χ1) is 7.31. The fraction of sp³-hybridized carbons (Fsp3) is 0.364. The lowest BCUT2D eigenvalue weighted by molar-refractivity contribution is -0.115. The van der Waals surface area contributed by atoms with Gasteiger partial charge in [0.25, 0.3) is 0 Å². The topological polar surface area (TPSA) is 29.5 Å². The van der Waals surface area contributed by atoms with Gasteiger partial charge in [-0.3, -0.25) is 4.79 Å². The molecule has 0 spiro atoms. The van der Waals surface area contributed by atoms with Crippen LogP contribution in [0.25, 0.3) is 0 Å². The summed E-state index contributed by atoms with van der Waals surface area (Å²) >= 11 is 1.64. The third-order valence-corrected chi connectivity index (χ3v) is 3.08. The molecule has 1 amide bonds. The maximum Gasteiger partial charge on any atom is 0.237 e. The van der Waals surface area contributed by atoms with Gasteiger partial charge in [-0.15, -0.1) is 11.8 Å². The van der Waals surface area contributed by atoms with Crippen molar-refractivity contribution >= 4 is 23.4 Å². The Morgan fingerprint density at radius 1 is 1.53 bits per heavy atom. The average Bonchev–Trinajstić information content (AvgIpc) is 2.65. The predicted molar refractivity (Wildman–Crippen MR) is 62.4 cm³/mol. The minimum Gasteiger partial charge on any atom is -0.494 e. The van der Waals surface area contributed by atoms with E-state index in [0.717, 1.165) is 17.3 Å². The molecular weight excluding hydrogens is 210 g/mol. The molecule has 0 bridgehead atoms. The quantitative estimate of drug-likeness (QED) is 0.786. The molecular formula is C11H13NO2S. The molecule has 0 radical (unpaired) electrons. The number of ether oxygens (including phenoxy) is 1. The zero-order chi connectivity index (χ0) is 10.7. The lowest BCUT2D eigenvalue weighted by Gasteiger charge is -2.15. The Morgan fingerprint density at radius 3 is 3.07 bits per heavy atom. The third kappa shape index (κ3) is 2.26. The van der Waals surface area contributed by atoms with E-state index in [-0.39, 0.29) is 5.91 Å². The van der Waals surface area contributed by atoms with E-state index in [1.165, 1.54) is 0 Å². The van der Waals surface area contributed by atoms with E-state index in [2.05, 4.69) is 0 Å². The summed E-state index contributed by atoms with van der Waals surface area (Å²) < 4.78 is 5.40. The number of nitrogens with zero attached hydrogens (tertiary/aromatic N) is 1. The van der Waals surface area contributed by atoms with Gasteiger partial charge >= 0.3 is 0 Å². The van der Waals surface area contributed by atoms with E-state index in [1.54, 1.807) is 16.7 Å². The minimum atomic E-state index is 0.175. The molecule has 80 valence electrons. The maximum absolute atomic E-state index is 11.5. The summed E-state index contributed by atoms with van der Waals surface area (Å²) in [6.45, 7) is 2.59. The van der Waals surface area contributed by atoms with Crippen molar-refractivity contribution in [3.05, 3.63) is 24.3 Å². The highest BCUT2D eigenvalue weighted by Gasteiger charge is 2.22. The molecule has 0 aromatic heterocycles. The molecule has 0 saturated carbocycles. The number of hydrogen-bond donors (Lipinski definition) is 0. The van der Waals surface area contributed by atoms with Crippen LogP contribution in [-0.2, 0) is 4.79 Å². The van der Waals surface area contributed by atoms with E-state index < -0.39 is 0 Å². The number of rotatable bonds is 3. The highest BCUT2D eigenvalue weighted by Crippen LogP contribution is 2.26. The second-order valence-corrected chi connectivity index (χ2v) is 4.18. The maximum atomic E-state index is 11.5. The van der Waals surface area contributed by atoms with Gasteiger partial charge in [0.1, 0.15) is 5.75 Å². The minimum absolute atomic E-state index is 0.175. The Labute approximate surface area is 93.4 Å². The molecule has 1 heterocycles. The lowest BCUT2D eigenvalue weighted by Crippen LogP contribution is -2.24. The van der Waals surface area contributed by atoms with Gasteiger partial charge in [-0.25, -0.2) is 0 Å². The largest absolute Gasteiger partial charge is 0.494 e. The van der Waals surface area contributed by atoms with Crippen LogP contribution in [0.15, 0.2) is 24.3 Å². The highest BCUT2D eigenvalue weighted by atomic mass is 32.2. The second-order valence-electron chi connectivity index (χ2n) is 3.23. The number of hydrogen-bond acceptors (Lipinski definition) is 3. The molecule has 1 aromatic carbocycles. The first-order valence-corrected chi connectivity index (χ1v) is 6.07. The van der Waals surface area contributed by atoms with Crippen LogP contribution >= 0.6 is 11.8 Å². The normalized spacial score (nSPS) is 15.8. The fourth-order valence-electron chi connectivity index (χ4n) is 1.50. The molecule has 1 aromatic rings. The summed E-state index contributed by atoms with van der Waals surface area (Å²) in [5.74, 6) is 2.32. The molecule has 0 atom stereocenters. The molecule has 2 rings (SSSR count). The predicted octanol–water partition coefficient (Wildman–Crippen LogP) is 2.12. The fourth-order valence-corrected chi connectivity index (χ4v) is 2.40. The lowest BCUT2D eigenvalue weighted by atomic mass is 10.3. The van der Waals surface area contributed by atoms with Gasteiger partial charge in [0.05, 0.1) is 18.2 Å². The van der Waals surface area contributed by atoms with Crippen molar-refractivity contribution in [2.75, 3.05) is 23.1 Å². The van der Waals surface area contributed by atoms with Crippen molar-refractivity contribution in [1.29, 1.82) is 0 Å². The molecule has 0 unspecified atom stereocenters. The van der Waals surface area contributed by atoms with Crippen molar-refractivity contribution in [2.45, 2.75) is 6.92 Å². The van der Waals surface area contributed by atoms with Gasteiger partial charge < -0.3 is 9.64 Å². The molecule has 1 saturated heterocycles. The van der Waals surface area contributed by atoms with Crippen LogP contribution in [0.2, 0.25) is 0 Å². The Kier molecular flexibility index (Phi) is 3.16. The summed E-state index contributed by atoms with van der Waals surface area (Å²) in [4.78, 5) is 13.3. The van der Waals surface area contributed by atoms with Crippen LogP contribution in [0, 0.1) is 0 Å². The summed E-state index contributed by atoms with van der Waals surface area (Å²) in [5.41, 5.74) is 0.927. The van der Waals surface area contributed by atoms with E-state index in [0.29, 0.717) is 12.4 Å². The van der Waals surface area contributed by atoms with Crippen molar-refractivity contribution in [3.8, 4) is 5.75 Å². The molecule has 1 aliphatic heterocycles. The molecule has 0 aliphatic carbocycles. The Morgan fingerprint density at radius 2 is 2.40 bits per heavy atom. The van der Waals surface area contributed by atoms with Crippen LogP contribution in [0.5, 0.6) is 5.75 Å². The van der Waals surface area contributed by atoms with Crippen molar-refractivity contribution in [1.82, 2.24) is 0 Å². The van der Waals surface area contributed by atoms with Gasteiger partial charge in [-0.1, -0.05) is 6.07 Å². The van der Waals surface area contributed by atoms with Gasteiger partial charge in [-0.2, -0.15) is 0 Å². The van der Waals surface area contributed by atoms with Crippen molar-refractivity contribution in [2.24, 2.45) is 0 Å².